The Morgan fingerprint density at radius 3 is 2.40 bits per heavy atom. The van der Waals surface area contributed by atoms with Gasteiger partial charge in [-0.25, -0.2) is 9.97 Å². The summed E-state index contributed by atoms with van der Waals surface area (Å²) in [5, 5.41) is 12.2. The lowest BCUT2D eigenvalue weighted by Gasteiger charge is -2.19. The predicted molar refractivity (Wildman–Crippen MR) is 173 cm³/mol. The van der Waals surface area contributed by atoms with E-state index in [1.165, 1.54) is 6.92 Å². The number of aromatic nitrogens is 2. The maximum Gasteiger partial charge on any atom is 0.222 e. The number of nitrogens with one attached hydrogen (secondary N) is 4. The second-order valence-corrected chi connectivity index (χ2v) is 10.7. The minimum atomic E-state index is -0.367. The van der Waals surface area contributed by atoms with Crippen LogP contribution in [0.4, 0.5) is 11.6 Å². The largest absolute Gasteiger partial charge is 0.493 e. The number of carbonyl (C=O) groups excluding carboxylic acids is 2. The topological polar surface area (TPSA) is 153 Å². The van der Waals surface area contributed by atoms with E-state index in [1.54, 1.807) is 51.9 Å². The molecule has 1 aliphatic rings. The van der Waals surface area contributed by atoms with Crippen LogP contribution in [-0.4, -0.2) is 62.7 Å². The van der Waals surface area contributed by atoms with Crippen LogP contribution >= 0.6 is 0 Å². The number of hydrogen-bond acceptors (Lipinski definition) is 10. The van der Waals surface area contributed by atoms with Crippen LogP contribution in [0.2, 0.25) is 0 Å². The van der Waals surface area contributed by atoms with Gasteiger partial charge in [0.1, 0.15) is 0 Å². The molecule has 2 amide bonds. The molecule has 45 heavy (non-hydrogen) atoms. The second kappa shape index (κ2) is 16.3. The molecule has 12 nitrogen and oxygen atoms in total. The Balaban J connectivity index is 1.40. The van der Waals surface area contributed by atoms with E-state index in [0.717, 1.165) is 36.0 Å². The molecular formula is C33H42N6O6. The Morgan fingerprint density at radius 1 is 0.911 bits per heavy atom. The number of nitrogens with zero attached hydrogens (tertiary/aromatic N) is 2. The van der Waals surface area contributed by atoms with Crippen molar-refractivity contribution in [2.24, 2.45) is 0 Å². The van der Waals surface area contributed by atoms with Gasteiger partial charge in [0, 0.05) is 50.9 Å². The zero-order valence-corrected chi connectivity index (χ0v) is 26.3. The van der Waals surface area contributed by atoms with E-state index in [4.69, 9.17) is 14.2 Å². The quantitative estimate of drug-likeness (QED) is 0.185. The summed E-state index contributed by atoms with van der Waals surface area (Å²) < 4.78 is 17.1. The molecule has 0 bridgehead atoms. The highest BCUT2D eigenvalue weighted by Gasteiger charge is 2.29. The molecule has 0 fully saturated rings. The predicted octanol–water partition coefficient (Wildman–Crippen LogP) is 3.85. The van der Waals surface area contributed by atoms with Crippen molar-refractivity contribution >= 4 is 23.5 Å². The van der Waals surface area contributed by atoms with Crippen molar-refractivity contribution in [1.29, 1.82) is 0 Å². The molecule has 3 aromatic rings. The Labute approximate surface area is 263 Å². The van der Waals surface area contributed by atoms with Gasteiger partial charge in [-0.15, -0.1) is 0 Å². The van der Waals surface area contributed by atoms with E-state index >= 15 is 0 Å². The number of benzene rings is 1. The zero-order chi connectivity index (χ0) is 32.2. The van der Waals surface area contributed by atoms with Crippen LogP contribution in [0.3, 0.4) is 0 Å². The van der Waals surface area contributed by atoms with Gasteiger partial charge in [0.05, 0.1) is 33.1 Å². The van der Waals surface area contributed by atoms with Gasteiger partial charge < -0.3 is 35.5 Å². The number of fused-ring (bicyclic) bond motifs is 3. The number of ether oxygens (including phenoxy) is 3. The summed E-state index contributed by atoms with van der Waals surface area (Å²) in [7, 11) is 4.71. The van der Waals surface area contributed by atoms with Gasteiger partial charge >= 0.3 is 0 Å². The van der Waals surface area contributed by atoms with Gasteiger partial charge in [-0.1, -0.05) is 12.5 Å². The first-order chi connectivity index (χ1) is 21.9. The normalized spacial score (nSPS) is 13.4. The molecule has 0 radical (unpaired) electrons. The van der Waals surface area contributed by atoms with E-state index in [2.05, 4.69) is 31.2 Å². The summed E-state index contributed by atoms with van der Waals surface area (Å²) in [6, 6.07) is 8.58. The maximum atomic E-state index is 13.4. The fourth-order valence-corrected chi connectivity index (χ4v) is 5.52. The molecule has 240 valence electrons. The molecule has 0 aliphatic heterocycles. The summed E-state index contributed by atoms with van der Waals surface area (Å²) in [5.74, 6) is 1.87. The van der Waals surface area contributed by atoms with Crippen molar-refractivity contribution in [2.45, 2.75) is 51.5 Å². The number of rotatable bonds is 15. The Bertz CT molecular complexity index is 1530. The van der Waals surface area contributed by atoms with Crippen molar-refractivity contribution in [2.75, 3.05) is 51.6 Å². The van der Waals surface area contributed by atoms with E-state index in [9.17, 15) is 14.4 Å². The summed E-state index contributed by atoms with van der Waals surface area (Å²) in [4.78, 5) is 45.9. The zero-order valence-electron chi connectivity index (χ0n) is 26.3. The van der Waals surface area contributed by atoms with Gasteiger partial charge in [-0.05, 0) is 66.6 Å². The monoisotopic (exact) mass is 618 g/mol. The van der Waals surface area contributed by atoms with E-state index in [-0.39, 0.29) is 23.3 Å². The number of carbonyl (C=O) groups is 2. The van der Waals surface area contributed by atoms with Gasteiger partial charge in [-0.2, -0.15) is 0 Å². The van der Waals surface area contributed by atoms with Crippen LogP contribution < -0.4 is 40.9 Å². The highest BCUT2D eigenvalue weighted by Crippen LogP contribution is 2.50. The first-order valence-electron chi connectivity index (χ1n) is 15.1. The van der Waals surface area contributed by atoms with Crippen LogP contribution in [0.15, 0.2) is 47.5 Å². The van der Waals surface area contributed by atoms with Gasteiger partial charge in [-0.3, -0.25) is 14.4 Å². The van der Waals surface area contributed by atoms with Gasteiger partial charge in [0.25, 0.3) is 0 Å². The molecule has 4 rings (SSSR count). The second-order valence-electron chi connectivity index (χ2n) is 10.7. The number of methoxy groups -OCH3 is 3. The van der Waals surface area contributed by atoms with E-state index in [0.29, 0.717) is 73.3 Å². The SMILES string of the molecule is COc1cc2c(c(OC)c1OC)-c1ccc(NCCCCCC(=O)NCCNc3ncccn3)c(=O)cc1[C@@H](NC(C)=O)CC2. The average Bonchev–Trinajstić information content (AvgIpc) is 3.28. The summed E-state index contributed by atoms with van der Waals surface area (Å²) in [5.41, 5.74) is 3.55. The highest BCUT2D eigenvalue weighted by atomic mass is 16.5. The molecule has 1 heterocycles. The van der Waals surface area contributed by atoms with Crippen molar-refractivity contribution in [1.82, 2.24) is 20.6 Å². The maximum absolute atomic E-state index is 13.4. The van der Waals surface area contributed by atoms with Gasteiger partial charge in [0.2, 0.25) is 28.9 Å². The number of amides is 2. The lowest BCUT2D eigenvalue weighted by atomic mass is 9.95. The molecule has 0 spiro atoms. The molecule has 0 saturated heterocycles. The average molecular weight is 619 g/mol. The van der Waals surface area contributed by atoms with Crippen LogP contribution in [0.1, 0.15) is 56.2 Å². The molecule has 0 unspecified atom stereocenters. The summed E-state index contributed by atoms with van der Waals surface area (Å²) in [6.07, 6.45) is 7.33. The van der Waals surface area contributed by atoms with E-state index < -0.39 is 0 Å². The Morgan fingerprint density at radius 2 is 1.69 bits per heavy atom. The van der Waals surface area contributed by atoms with Gasteiger partial charge in [0.15, 0.2) is 11.5 Å². The minimum Gasteiger partial charge on any atom is -0.493 e. The number of unbranched alkanes of at least 4 members (excludes halogenated alkanes) is 2. The molecule has 2 aromatic carbocycles. The van der Waals surface area contributed by atoms with Crippen LogP contribution in [0.5, 0.6) is 17.2 Å². The smallest absolute Gasteiger partial charge is 0.222 e. The third-order valence-corrected chi connectivity index (χ3v) is 7.61. The van der Waals surface area contributed by atoms with Crippen molar-refractivity contribution in [3.8, 4) is 28.4 Å². The molecule has 4 N–H and O–H groups in total. The molecule has 0 saturated carbocycles. The minimum absolute atomic E-state index is 0.00384. The first-order valence-corrected chi connectivity index (χ1v) is 15.1. The lowest BCUT2D eigenvalue weighted by Crippen LogP contribution is -2.28. The molecule has 1 atom stereocenters. The fourth-order valence-electron chi connectivity index (χ4n) is 5.52. The third-order valence-electron chi connectivity index (χ3n) is 7.61. The van der Waals surface area contributed by atoms with Crippen LogP contribution in [0.25, 0.3) is 11.1 Å². The van der Waals surface area contributed by atoms with Crippen molar-refractivity contribution in [3.05, 3.63) is 64.1 Å². The van der Waals surface area contributed by atoms with Crippen molar-refractivity contribution in [3.63, 3.8) is 0 Å². The molecular weight excluding hydrogens is 576 g/mol. The lowest BCUT2D eigenvalue weighted by molar-refractivity contribution is -0.121. The third kappa shape index (κ3) is 8.62. The summed E-state index contributed by atoms with van der Waals surface area (Å²) >= 11 is 0. The number of hydrogen-bond donors (Lipinski definition) is 4. The van der Waals surface area contributed by atoms with Crippen LogP contribution in [-0.2, 0) is 16.0 Å². The highest BCUT2D eigenvalue weighted by molar-refractivity contribution is 5.83. The molecule has 12 heteroatoms. The molecule has 1 aromatic heterocycles. The fraction of sp³-hybridized carbons (Fsp3) is 0.424. The van der Waals surface area contributed by atoms with Crippen LogP contribution in [0, 0.1) is 0 Å². The number of aryl methyl sites for hydroxylation is 1. The Kier molecular flexibility index (Phi) is 11.9. The van der Waals surface area contributed by atoms with Crippen molar-refractivity contribution < 1.29 is 23.8 Å². The van der Waals surface area contributed by atoms with E-state index in [1.807, 2.05) is 12.1 Å². The molecule has 1 aliphatic carbocycles. The standard InChI is InChI=1S/C33H42N6O6/c1-21(40)39-25-12-10-22-19-28(43-2)31(44-3)32(45-4)30(22)23-11-13-26(27(41)20-24(23)25)34-14-7-5-6-9-29(42)35-17-18-38-33-36-15-8-16-37-33/h8,11,13,15-16,19-20,25H,5-7,9-10,12,14,17-18H2,1-4H3,(H,34,41)(H,35,42)(H,39,40)(H,36,37,38)/t25-/m0/s1. The summed E-state index contributed by atoms with van der Waals surface area (Å²) in [6.45, 7) is 3.08. The Hall–Kier alpha value is -4.87. The number of anilines is 2. The first kappa shape index (κ1) is 33.0.